The van der Waals surface area contributed by atoms with Gasteiger partial charge in [0.05, 0.1) is 6.61 Å². The minimum absolute atomic E-state index is 0.0749. The van der Waals surface area contributed by atoms with Gasteiger partial charge in [-0.15, -0.1) is 11.3 Å². The van der Waals surface area contributed by atoms with Crippen LogP contribution in [0.4, 0.5) is 0 Å². The lowest BCUT2D eigenvalue weighted by molar-refractivity contribution is 0.0531. The molecule has 4 nitrogen and oxygen atoms in total. The van der Waals surface area contributed by atoms with E-state index in [2.05, 4.69) is 0 Å². The number of ether oxygens (including phenoxy) is 1. The van der Waals surface area contributed by atoms with Crippen LogP contribution < -0.4 is 5.56 Å². The third kappa shape index (κ3) is 1.86. The summed E-state index contributed by atoms with van der Waals surface area (Å²) in [5, 5.41) is 0.931. The number of aromatic nitrogens is 1. The molecule has 5 heteroatoms. The lowest BCUT2D eigenvalue weighted by Gasteiger charge is -1.98. The summed E-state index contributed by atoms with van der Waals surface area (Å²) in [4.78, 5) is 24.6. The van der Waals surface area contributed by atoms with Crippen LogP contribution in [0, 0.1) is 6.92 Å². The zero-order chi connectivity index (χ0) is 12.6. The van der Waals surface area contributed by atoms with Crippen molar-refractivity contribution in [3.8, 4) is 0 Å². The van der Waals surface area contributed by atoms with E-state index >= 15 is 0 Å². The number of fused-ring (bicyclic) bond motifs is 1. The number of carbonyl (C=O) groups is 1. The van der Waals surface area contributed by atoms with Crippen LogP contribution in [-0.2, 0) is 11.8 Å². The minimum atomic E-state index is -0.321. The maximum absolute atomic E-state index is 11.7. The van der Waals surface area contributed by atoms with Crippen LogP contribution >= 0.6 is 11.3 Å². The van der Waals surface area contributed by atoms with Crippen molar-refractivity contribution in [2.75, 3.05) is 6.61 Å². The molecule has 2 heterocycles. The molecule has 0 saturated heterocycles. The fourth-order valence-corrected chi connectivity index (χ4v) is 2.87. The summed E-state index contributed by atoms with van der Waals surface area (Å²) in [6.45, 7) is 4.00. The first-order valence-corrected chi connectivity index (χ1v) is 6.14. The lowest BCUT2D eigenvalue weighted by atomic mass is 10.2. The Balaban J connectivity index is 2.68. The van der Waals surface area contributed by atoms with E-state index in [1.165, 1.54) is 17.4 Å². The molecule has 2 aromatic rings. The standard InChI is InChI=1S/C12H13NO3S/c1-4-16-12(15)10-7(2)8-5-6-9(14)13(3)11(8)17-10/h5-6H,4H2,1-3H3. The number of rotatable bonds is 2. The van der Waals surface area contributed by atoms with E-state index in [1.807, 2.05) is 6.92 Å². The summed E-state index contributed by atoms with van der Waals surface area (Å²) in [5.74, 6) is -0.321. The fraction of sp³-hybridized carbons (Fsp3) is 0.333. The molecule has 0 radical (unpaired) electrons. The summed E-state index contributed by atoms with van der Waals surface area (Å²) in [5.41, 5.74) is 0.799. The highest BCUT2D eigenvalue weighted by Gasteiger charge is 2.17. The Kier molecular flexibility index (Phi) is 3.02. The molecule has 2 aromatic heterocycles. The molecule has 0 N–H and O–H groups in total. The Hall–Kier alpha value is -1.62. The molecule has 0 unspecified atom stereocenters. The second-order valence-corrected chi connectivity index (χ2v) is 4.73. The number of aryl methyl sites for hydroxylation is 2. The third-order valence-corrected chi connectivity index (χ3v) is 4.03. The van der Waals surface area contributed by atoms with Crippen molar-refractivity contribution >= 4 is 27.5 Å². The number of nitrogens with zero attached hydrogens (tertiary/aromatic N) is 1. The van der Waals surface area contributed by atoms with Gasteiger partial charge in [-0.1, -0.05) is 0 Å². The molecule has 90 valence electrons. The van der Waals surface area contributed by atoms with Crippen LogP contribution in [0.15, 0.2) is 16.9 Å². The third-order valence-electron chi connectivity index (χ3n) is 2.66. The van der Waals surface area contributed by atoms with E-state index in [4.69, 9.17) is 4.74 Å². The van der Waals surface area contributed by atoms with E-state index in [0.717, 1.165) is 15.8 Å². The van der Waals surface area contributed by atoms with Crippen LogP contribution in [0.25, 0.3) is 10.2 Å². The van der Waals surface area contributed by atoms with Gasteiger partial charge in [0.15, 0.2) is 0 Å². The van der Waals surface area contributed by atoms with Crippen molar-refractivity contribution in [1.29, 1.82) is 0 Å². The normalized spacial score (nSPS) is 10.8. The second kappa shape index (κ2) is 4.33. The molecule has 0 saturated carbocycles. The quantitative estimate of drug-likeness (QED) is 0.768. The predicted molar refractivity (Wildman–Crippen MR) is 67.8 cm³/mol. The van der Waals surface area contributed by atoms with Gasteiger partial charge in [0.1, 0.15) is 9.71 Å². The van der Waals surface area contributed by atoms with Gasteiger partial charge in [0.2, 0.25) is 0 Å². The van der Waals surface area contributed by atoms with Crippen LogP contribution in [0.1, 0.15) is 22.2 Å². The van der Waals surface area contributed by atoms with Gasteiger partial charge in [-0.05, 0) is 25.5 Å². The highest BCUT2D eigenvalue weighted by molar-refractivity contribution is 7.20. The first kappa shape index (κ1) is 11.9. The number of hydrogen-bond acceptors (Lipinski definition) is 4. The summed E-state index contributed by atoms with van der Waals surface area (Å²) in [6.07, 6.45) is 0. The monoisotopic (exact) mass is 251 g/mol. The minimum Gasteiger partial charge on any atom is -0.462 e. The molecule has 0 bridgehead atoms. The molecular formula is C12H13NO3S. The van der Waals surface area contributed by atoms with Gasteiger partial charge in [-0.25, -0.2) is 4.79 Å². The van der Waals surface area contributed by atoms with Crippen LogP contribution in [-0.4, -0.2) is 17.1 Å². The highest BCUT2D eigenvalue weighted by Crippen LogP contribution is 2.29. The first-order chi connectivity index (χ1) is 8.06. The van der Waals surface area contributed by atoms with Crippen molar-refractivity contribution in [2.24, 2.45) is 7.05 Å². The van der Waals surface area contributed by atoms with E-state index in [9.17, 15) is 9.59 Å². The van der Waals surface area contributed by atoms with Crippen LogP contribution in [0.3, 0.4) is 0 Å². The molecule has 2 rings (SSSR count). The number of pyridine rings is 1. The van der Waals surface area contributed by atoms with Gasteiger partial charge in [0.25, 0.3) is 5.56 Å². The summed E-state index contributed by atoms with van der Waals surface area (Å²) >= 11 is 1.30. The van der Waals surface area contributed by atoms with Crippen molar-refractivity contribution in [3.63, 3.8) is 0 Å². The van der Waals surface area contributed by atoms with Crippen molar-refractivity contribution in [2.45, 2.75) is 13.8 Å². The SMILES string of the molecule is CCOC(=O)c1sc2c(ccc(=O)n2C)c1C. The van der Waals surface area contributed by atoms with Crippen LogP contribution in [0.5, 0.6) is 0 Å². The topological polar surface area (TPSA) is 48.3 Å². The number of esters is 1. The molecule has 0 amide bonds. The number of thiophene rings is 1. The Bertz CT molecular complexity index is 639. The zero-order valence-corrected chi connectivity index (χ0v) is 10.8. The lowest BCUT2D eigenvalue weighted by Crippen LogP contribution is -2.13. The van der Waals surface area contributed by atoms with Crippen LogP contribution in [0.2, 0.25) is 0 Å². The summed E-state index contributed by atoms with van der Waals surface area (Å²) in [6, 6.07) is 3.27. The zero-order valence-electron chi connectivity index (χ0n) is 9.94. The molecule has 0 aromatic carbocycles. The fourth-order valence-electron chi connectivity index (χ4n) is 1.71. The maximum atomic E-state index is 11.7. The van der Waals surface area contributed by atoms with E-state index in [1.54, 1.807) is 24.6 Å². The predicted octanol–water partition coefficient (Wildman–Crippen LogP) is 2.09. The Morgan fingerprint density at radius 2 is 2.18 bits per heavy atom. The van der Waals surface area contributed by atoms with Gasteiger partial charge in [0, 0.05) is 18.5 Å². The number of carbonyl (C=O) groups excluding carboxylic acids is 1. The van der Waals surface area contributed by atoms with E-state index < -0.39 is 0 Å². The van der Waals surface area contributed by atoms with Crippen molar-refractivity contribution in [1.82, 2.24) is 4.57 Å². The Morgan fingerprint density at radius 1 is 1.47 bits per heavy atom. The Labute approximate surface area is 102 Å². The van der Waals surface area contributed by atoms with Gasteiger partial charge >= 0.3 is 5.97 Å². The molecule has 0 atom stereocenters. The average molecular weight is 251 g/mol. The van der Waals surface area contributed by atoms with Gasteiger partial charge in [-0.3, -0.25) is 4.79 Å². The summed E-state index contributed by atoms with van der Waals surface area (Å²) in [7, 11) is 1.70. The maximum Gasteiger partial charge on any atom is 0.348 e. The highest BCUT2D eigenvalue weighted by atomic mass is 32.1. The number of hydrogen-bond donors (Lipinski definition) is 0. The van der Waals surface area contributed by atoms with Gasteiger partial charge in [-0.2, -0.15) is 0 Å². The molecule has 0 aliphatic rings. The van der Waals surface area contributed by atoms with Crippen molar-refractivity contribution in [3.05, 3.63) is 32.9 Å². The van der Waals surface area contributed by atoms with E-state index in [0.29, 0.717) is 11.5 Å². The first-order valence-electron chi connectivity index (χ1n) is 5.32. The second-order valence-electron chi connectivity index (χ2n) is 3.73. The molecule has 0 aliphatic carbocycles. The Morgan fingerprint density at radius 3 is 2.82 bits per heavy atom. The molecule has 0 aliphatic heterocycles. The molecule has 0 spiro atoms. The smallest absolute Gasteiger partial charge is 0.348 e. The molecule has 0 fully saturated rings. The average Bonchev–Trinajstić information content (AvgIpc) is 2.63. The summed E-state index contributed by atoms with van der Waals surface area (Å²) < 4.78 is 6.54. The molecule has 17 heavy (non-hydrogen) atoms. The van der Waals surface area contributed by atoms with E-state index in [-0.39, 0.29) is 11.5 Å². The van der Waals surface area contributed by atoms with Gasteiger partial charge < -0.3 is 9.30 Å². The molecular weight excluding hydrogens is 238 g/mol. The van der Waals surface area contributed by atoms with Crippen molar-refractivity contribution < 1.29 is 9.53 Å². The largest absolute Gasteiger partial charge is 0.462 e.